The van der Waals surface area contributed by atoms with Crippen molar-refractivity contribution >= 4 is 17.5 Å². The molecule has 0 saturated carbocycles. The molecule has 5 nitrogen and oxygen atoms in total. The highest BCUT2D eigenvalue weighted by molar-refractivity contribution is 6.53. The number of ether oxygens (including phenoxy) is 1. The molecule has 0 amide bonds. The molecule has 1 aromatic heterocycles. The van der Waals surface area contributed by atoms with Crippen LogP contribution in [0.5, 0.6) is 0 Å². The Bertz CT molecular complexity index is 1020. The largest absolute Gasteiger partial charge is 0.463 e. The number of fused-ring (bicyclic) bond motifs is 5. The standard InChI is InChI=1S/C24H26O5/c1-5-6-7-17(25)29-16-10-11-24(3,4)15-9-8-14-19(20(15)16)22(27)21(26)18-13(2)12-28-23(14)18/h8-9,12,16H,5-7,10-11H2,1-4H3. The zero-order valence-corrected chi connectivity index (χ0v) is 17.4. The summed E-state index contributed by atoms with van der Waals surface area (Å²) >= 11 is 0. The van der Waals surface area contributed by atoms with Crippen LogP contribution in [0.15, 0.2) is 22.8 Å². The molecule has 2 aromatic rings. The van der Waals surface area contributed by atoms with E-state index in [2.05, 4.69) is 13.8 Å². The molecule has 0 fully saturated rings. The number of Topliss-reactive ketones (excluding diaryl/α,β-unsaturated/α-hetero) is 2. The van der Waals surface area contributed by atoms with Crippen LogP contribution >= 0.6 is 0 Å². The molecule has 5 heteroatoms. The van der Waals surface area contributed by atoms with E-state index in [-0.39, 0.29) is 11.4 Å². The number of carbonyl (C=O) groups is 3. The Hall–Kier alpha value is -2.69. The van der Waals surface area contributed by atoms with E-state index < -0.39 is 17.7 Å². The van der Waals surface area contributed by atoms with Crippen molar-refractivity contribution in [2.24, 2.45) is 0 Å². The first-order chi connectivity index (χ1) is 13.8. The fourth-order valence-electron chi connectivity index (χ4n) is 4.56. The average Bonchev–Trinajstić information content (AvgIpc) is 3.07. The minimum atomic E-state index is -0.549. The van der Waals surface area contributed by atoms with Crippen LogP contribution in [0.4, 0.5) is 0 Å². The zero-order valence-electron chi connectivity index (χ0n) is 17.4. The van der Waals surface area contributed by atoms with Crippen LogP contribution in [0.25, 0.3) is 11.3 Å². The highest BCUT2D eigenvalue weighted by Gasteiger charge is 2.43. The van der Waals surface area contributed by atoms with Gasteiger partial charge in [-0.3, -0.25) is 14.4 Å². The zero-order chi connectivity index (χ0) is 20.9. The lowest BCUT2D eigenvalue weighted by atomic mass is 9.68. The molecule has 1 unspecified atom stereocenters. The number of unbranched alkanes of at least 4 members (excludes halogenated alkanes) is 1. The van der Waals surface area contributed by atoms with Gasteiger partial charge in [0, 0.05) is 23.1 Å². The normalized spacial score (nSPS) is 19.4. The second kappa shape index (κ2) is 6.97. The highest BCUT2D eigenvalue weighted by Crippen LogP contribution is 2.49. The minimum Gasteiger partial charge on any atom is -0.463 e. The van der Waals surface area contributed by atoms with Crippen LogP contribution in [-0.2, 0) is 14.9 Å². The second-order valence-electron chi connectivity index (χ2n) is 8.74. The molecule has 152 valence electrons. The quantitative estimate of drug-likeness (QED) is 0.507. The van der Waals surface area contributed by atoms with E-state index >= 15 is 0 Å². The predicted octanol–water partition coefficient (Wildman–Crippen LogP) is 5.48. The van der Waals surface area contributed by atoms with Crippen molar-refractivity contribution in [3.05, 3.63) is 46.2 Å². The van der Waals surface area contributed by atoms with E-state index in [0.29, 0.717) is 46.4 Å². The number of esters is 1. The molecule has 1 heterocycles. The molecule has 2 aliphatic carbocycles. The maximum absolute atomic E-state index is 13.2. The van der Waals surface area contributed by atoms with Gasteiger partial charge in [-0.2, -0.15) is 0 Å². The smallest absolute Gasteiger partial charge is 0.306 e. The summed E-state index contributed by atoms with van der Waals surface area (Å²) in [5.41, 5.74) is 3.42. The summed E-state index contributed by atoms with van der Waals surface area (Å²) in [5, 5.41) is 0. The Balaban J connectivity index is 1.89. The number of hydrogen-bond acceptors (Lipinski definition) is 5. The Kier molecular flexibility index (Phi) is 4.72. The number of carbonyl (C=O) groups excluding carboxylic acids is 3. The van der Waals surface area contributed by atoms with Gasteiger partial charge < -0.3 is 9.15 Å². The lowest BCUT2D eigenvalue weighted by Crippen LogP contribution is -2.32. The number of hydrogen-bond donors (Lipinski definition) is 0. The van der Waals surface area contributed by atoms with E-state index in [0.717, 1.165) is 24.8 Å². The summed E-state index contributed by atoms with van der Waals surface area (Å²) < 4.78 is 11.5. The molecular formula is C24H26O5. The van der Waals surface area contributed by atoms with Gasteiger partial charge >= 0.3 is 5.97 Å². The van der Waals surface area contributed by atoms with Crippen LogP contribution in [0.2, 0.25) is 0 Å². The minimum absolute atomic E-state index is 0.181. The van der Waals surface area contributed by atoms with Crippen LogP contribution in [0, 0.1) is 6.92 Å². The van der Waals surface area contributed by atoms with E-state index in [1.807, 2.05) is 19.1 Å². The van der Waals surface area contributed by atoms with E-state index in [4.69, 9.17) is 9.15 Å². The van der Waals surface area contributed by atoms with Gasteiger partial charge in [0.15, 0.2) is 0 Å². The van der Waals surface area contributed by atoms with Crippen molar-refractivity contribution < 1.29 is 23.5 Å². The average molecular weight is 394 g/mol. The van der Waals surface area contributed by atoms with Crippen molar-refractivity contribution in [2.45, 2.75) is 71.3 Å². The molecule has 0 aliphatic heterocycles. The summed E-state index contributed by atoms with van der Waals surface area (Å²) in [6.45, 7) is 8.02. The van der Waals surface area contributed by atoms with Crippen molar-refractivity contribution in [3.8, 4) is 11.3 Å². The third-order valence-electron chi connectivity index (χ3n) is 6.22. The van der Waals surface area contributed by atoms with Crippen molar-refractivity contribution in [3.63, 3.8) is 0 Å². The molecule has 1 atom stereocenters. The molecule has 0 radical (unpaired) electrons. The molecule has 2 aliphatic rings. The Morgan fingerprint density at radius 3 is 2.66 bits per heavy atom. The first-order valence-electron chi connectivity index (χ1n) is 10.3. The van der Waals surface area contributed by atoms with E-state index in [9.17, 15) is 14.4 Å². The Labute approximate surface area is 170 Å². The van der Waals surface area contributed by atoms with Crippen LogP contribution < -0.4 is 0 Å². The molecule has 4 rings (SSSR count). The lowest BCUT2D eigenvalue weighted by Gasteiger charge is -2.38. The van der Waals surface area contributed by atoms with Gasteiger partial charge in [-0.1, -0.05) is 39.3 Å². The number of ketones is 2. The predicted molar refractivity (Wildman–Crippen MR) is 108 cm³/mol. The maximum atomic E-state index is 13.2. The summed E-state index contributed by atoms with van der Waals surface area (Å²) in [5.74, 6) is -0.915. The number of aryl methyl sites for hydroxylation is 1. The first-order valence-corrected chi connectivity index (χ1v) is 10.3. The maximum Gasteiger partial charge on any atom is 0.306 e. The van der Waals surface area contributed by atoms with Gasteiger partial charge in [0.05, 0.1) is 11.8 Å². The second-order valence-corrected chi connectivity index (χ2v) is 8.74. The fourth-order valence-corrected chi connectivity index (χ4v) is 4.56. The SMILES string of the molecule is CCCCC(=O)OC1CCC(C)(C)c2ccc3c(c21)C(=O)C(=O)c1c(C)coc1-3. The fraction of sp³-hybridized carbons (Fsp3) is 0.458. The molecule has 0 saturated heterocycles. The first kappa shape index (κ1) is 19.6. The van der Waals surface area contributed by atoms with Gasteiger partial charge in [-0.05, 0) is 42.7 Å². The topological polar surface area (TPSA) is 73.6 Å². The van der Waals surface area contributed by atoms with Crippen molar-refractivity contribution in [2.75, 3.05) is 0 Å². The Morgan fingerprint density at radius 2 is 1.93 bits per heavy atom. The van der Waals surface area contributed by atoms with Gasteiger partial charge in [0.25, 0.3) is 0 Å². The molecule has 0 spiro atoms. The summed E-state index contributed by atoms with van der Waals surface area (Å²) in [6, 6.07) is 3.86. The molecular weight excluding hydrogens is 368 g/mol. The van der Waals surface area contributed by atoms with Crippen molar-refractivity contribution in [1.29, 1.82) is 0 Å². The number of benzene rings is 1. The molecule has 29 heavy (non-hydrogen) atoms. The van der Waals surface area contributed by atoms with Crippen LogP contribution in [-0.4, -0.2) is 17.5 Å². The number of rotatable bonds is 4. The number of furan rings is 1. The third-order valence-corrected chi connectivity index (χ3v) is 6.22. The van der Waals surface area contributed by atoms with Crippen LogP contribution in [0.1, 0.15) is 96.4 Å². The van der Waals surface area contributed by atoms with E-state index in [1.165, 1.54) is 6.26 Å². The molecule has 1 aromatic carbocycles. The third kappa shape index (κ3) is 3.04. The summed E-state index contributed by atoms with van der Waals surface area (Å²) in [6.07, 6.45) is 4.48. The van der Waals surface area contributed by atoms with Gasteiger partial charge in [-0.25, -0.2) is 0 Å². The van der Waals surface area contributed by atoms with Gasteiger partial charge in [0.2, 0.25) is 11.6 Å². The van der Waals surface area contributed by atoms with Crippen molar-refractivity contribution in [1.82, 2.24) is 0 Å². The van der Waals surface area contributed by atoms with Gasteiger partial charge in [-0.15, -0.1) is 0 Å². The molecule has 0 N–H and O–H groups in total. The van der Waals surface area contributed by atoms with E-state index in [1.54, 1.807) is 6.92 Å². The summed E-state index contributed by atoms with van der Waals surface area (Å²) in [7, 11) is 0. The molecule has 0 bridgehead atoms. The summed E-state index contributed by atoms with van der Waals surface area (Å²) in [4.78, 5) is 38.4. The lowest BCUT2D eigenvalue weighted by molar-refractivity contribution is -0.150. The highest BCUT2D eigenvalue weighted by atomic mass is 16.5. The van der Waals surface area contributed by atoms with Crippen LogP contribution in [0.3, 0.4) is 0 Å². The Morgan fingerprint density at radius 1 is 1.21 bits per heavy atom. The van der Waals surface area contributed by atoms with Gasteiger partial charge in [0.1, 0.15) is 11.9 Å². The monoisotopic (exact) mass is 394 g/mol.